The van der Waals surface area contributed by atoms with E-state index in [0.29, 0.717) is 11.3 Å². The van der Waals surface area contributed by atoms with Crippen LogP contribution < -0.4 is 10.1 Å². The van der Waals surface area contributed by atoms with Gasteiger partial charge in [-0.3, -0.25) is 9.59 Å². The second-order valence-electron chi connectivity index (χ2n) is 5.19. The van der Waals surface area contributed by atoms with E-state index in [0.717, 1.165) is 6.07 Å². The maximum atomic E-state index is 12.9. The normalized spacial score (nSPS) is 10.2. The third-order valence-electron chi connectivity index (χ3n) is 3.07. The van der Waals surface area contributed by atoms with Crippen molar-refractivity contribution in [1.82, 2.24) is 4.90 Å². The van der Waals surface area contributed by atoms with Crippen LogP contribution in [-0.4, -0.2) is 37.4 Å². The van der Waals surface area contributed by atoms with Gasteiger partial charge < -0.3 is 15.0 Å². The van der Waals surface area contributed by atoms with Crippen molar-refractivity contribution in [2.45, 2.75) is 0 Å². The molecular formula is C17H16ClFN2O3. The van der Waals surface area contributed by atoms with Crippen LogP contribution >= 0.6 is 11.6 Å². The molecular weight excluding hydrogens is 335 g/mol. The number of carbonyl (C=O) groups is 2. The highest BCUT2D eigenvalue weighted by atomic mass is 35.5. The molecule has 0 saturated heterocycles. The molecule has 0 atom stereocenters. The highest BCUT2D eigenvalue weighted by Gasteiger charge is 2.09. The number of carbonyl (C=O) groups excluding carboxylic acids is 2. The Morgan fingerprint density at radius 1 is 1.17 bits per heavy atom. The molecule has 2 aromatic carbocycles. The lowest BCUT2D eigenvalue weighted by atomic mass is 10.2. The molecule has 0 spiro atoms. The summed E-state index contributed by atoms with van der Waals surface area (Å²) in [7, 11) is 3.33. The zero-order valence-electron chi connectivity index (χ0n) is 13.2. The summed E-state index contributed by atoms with van der Waals surface area (Å²) in [6.45, 7) is -0.274. The summed E-state index contributed by atoms with van der Waals surface area (Å²) in [4.78, 5) is 25.1. The molecule has 2 rings (SSSR count). The van der Waals surface area contributed by atoms with Crippen LogP contribution in [0.4, 0.5) is 10.1 Å². The third-order valence-corrected chi connectivity index (χ3v) is 3.37. The van der Waals surface area contributed by atoms with Crippen LogP contribution in [-0.2, 0) is 4.79 Å². The second-order valence-corrected chi connectivity index (χ2v) is 5.60. The van der Waals surface area contributed by atoms with Crippen molar-refractivity contribution in [1.29, 1.82) is 0 Å². The smallest absolute Gasteiger partial charge is 0.262 e. The lowest BCUT2D eigenvalue weighted by Gasteiger charge is -2.11. The topological polar surface area (TPSA) is 58.6 Å². The van der Waals surface area contributed by atoms with E-state index < -0.39 is 11.7 Å². The van der Waals surface area contributed by atoms with Gasteiger partial charge in [0.05, 0.1) is 5.02 Å². The van der Waals surface area contributed by atoms with Gasteiger partial charge >= 0.3 is 0 Å². The van der Waals surface area contributed by atoms with Crippen molar-refractivity contribution in [3.63, 3.8) is 0 Å². The van der Waals surface area contributed by atoms with Crippen LogP contribution in [0.15, 0.2) is 42.5 Å². The molecule has 126 valence electrons. The van der Waals surface area contributed by atoms with Crippen molar-refractivity contribution in [2.75, 3.05) is 26.0 Å². The van der Waals surface area contributed by atoms with Crippen molar-refractivity contribution in [3.05, 3.63) is 58.9 Å². The number of nitrogens with one attached hydrogen (secondary N) is 1. The van der Waals surface area contributed by atoms with Crippen LogP contribution in [0.5, 0.6) is 5.75 Å². The summed E-state index contributed by atoms with van der Waals surface area (Å²) in [5.41, 5.74) is 1.05. The zero-order chi connectivity index (χ0) is 17.7. The molecule has 0 saturated carbocycles. The van der Waals surface area contributed by atoms with Crippen LogP contribution in [0.3, 0.4) is 0 Å². The van der Waals surface area contributed by atoms with Gasteiger partial charge in [-0.15, -0.1) is 0 Å². The van der Waals surface area contributed by atoms with E-state index in [4.69, 9.17) is 16.3 Å². The molecule has 0 unspecified atom stereocenters. The minimum Gasteiger partial charge on any atom is -0.482 e. The highest BCUT2D eigenvalue weighted by molar-refractivity contribution is 6.32. The van der Waals surface area contributed by atoms with E-state index >= 15 is 0 Å². The van der Waals surface area contributed by atoms with E-state index in [1.165, 1.54) is 17.0 Å². The molecule has 2 aromatic rings. The number of ether oxygens (including phenoxy) is 1. The number of rotatable bonds is 5. The quantitative estimate of drug-likeness (QED) is 0.900. The maximum absolute atomic E-state index is 12.9. The molecule has 0 bridgehead atoms. The monoisotopic (exact) mass is 350 g/mol. The highest BCUT2D eigenvalue weighted by Crippen LogP contribution is 2.24. The minimum atomic E-state index is -0.482. The fourth-order valence-corrected chi connectivity index (χ4v) is 2.11. The second kappa shape index (κ2) is 7.79. The van der Waals surface area contributed by atoms with Gasteiger partial charge in [0.1, 0.15) is 11.6 Å². The molecule has 7 heteroatoms. The Morgan fingerprint density at radius 3 is 2.42 bits per heavy atom. The number of amides is 2. The Kier molecular flexibility index (Phi) is 5.76. The molecule has 0 radical (unpaired) electrons. The molecule has 0 heterocycles. The summed E-state index contributed by atoms with van der Waals surface area (Å²) in [5.74, 6) is -0.784. The van der Waals surface area contributed by atoms with Crippen LogP contribution in [0.1, 0.15) is 10.4 Å². The molecule has 0 aromatic heterocycles. The number of nitrogens with zero attached hydrogens (tertiary/aromatic N) is 1. The molecule has 5 nitrogen and oxygen atoms in total. The van der Waals surface area contributed by atoms with Gasteiger partial charge in [0, 0.05) is 25.3 Å². The molecule has 0 fully saturated rings. The van der Waals surface area contributed by atoms with Crippen LogP contribution in [0.25, 0.3) is 0 Å². The Morgan fingerprint density at radius 2 is 1.83 bits per heavy atom. The molecule has 0 aliphatic rings. The van der Waals surface area contributed by atoms with E-state index in [1.807, 2.05) is 0 Å². The van der Waals surface area contributed by atoms with Gasteiger partial charge in [0.25, 0.3) is 11.8 Å². The Bertz CT molecular complexity index is 748. The number of benzene rings is 2. The summed E-state index contributed by atoms with van der Waals surface area (Å²) >= 11 is 5.81. The number of hydrogen-bond acceptors (Lipinski definition) is 3. The van der Waals surface area contributed by atoms with E-state index in [9.17, 15) is 14.0 Å². The Hall–Kier alpha value is -2.60. The lowest BCUT2D eigenvalue weighted by molar-refractivity contribution is -0.118. The van der Waals surface area contributed by atoms with Gasteiger partial charge in [-0.2, -0.15) is 0 Å². The van der Waals surface area contributed by atoms with Crippen molar-refractivity contribution in [3.8, 4) is 5.75 Å². The van der Waals surface area contributed by atoms with Gasteiger partial charge in [-0.25, -0.2) is 4.39 Å². The SMILES string of the molecule is CN(C)C(=O)c1ccc(NC(=O)COc2ccc(F)cc2Cl)cc1. The van der Waals surface area contributed by atoms with E-state index in [1.54, 1.807) is 38.4 Å². The van der Waals surface area contributed by atoms with Gasteiger partial charge in [0.15, 0.2) is 6.61 Å². The zero-order valence-corrected chi connectivity index (χ0v) is 13.9. The van der Waals surface area contributed by atoms with Crippen LogP contribution in [0, 0.1) is 5.82 Å². The van der Waals surface area contributed by atoms with Gasteiger partial charge in [-0.05, 0) is 42.5 Å². The van der Waals surface area contributed by atoms with E-state index in [-0.39, 0.29) is 23.3 Å². The summed E-state index contributed by atoms with van der Waals surface area (Å²) in [6.07, 6.45) is 0. The van der Waals surface area contributed by atoms with Crippen molar-refractivity contribution < 1.29 is 18.7 Å². The molecule has 0 aliphatic carbocycles. The first kappa shape index (κ1) is 17.7. The molecule has 0 aliphatic heterocycles. The standard InChI is InChI=1S/C17H16ClFN2O3/c1-21(2)17(23)11-3-6-13(7-4-11)20-16(22)10-24-15-8-5-12(19)9-14(15)18/h3-9H,10H2,1-2H3,(H,20,22). The summed E-state index contributed by atoms with van der Waals surface area (Å²) < 4.78 is 18.2. The predicted octanol–water partition coefficient (Wildman–Crippen LogP) is 3.20. The lowest BCUT2D eigenvalue weighted by Crippen LogP contribution is -2.22. The average molecular weight is 351 g/mol. The number of anilines is 1. The predicted molar refractivity (Wildman–Crippen MR) is 90.0 cm³/mol. The van der Waals surface area contributed by atoms with Crippen LogP contribution in [0.2, 0.25) is 5.02 Å². The summed E-state index contributed by atoms with van der Waals surface area (Å²) in [6, 6.07) is 10.1. The fraction of sp³-hybridized carbons (Fsp3) is 0.176. The molecule has 1 N–H and O–H groups in total. The Balaban J connectivity index is 1.91. The first-order chi connectivity index (χ1) is 11.4. The van der Waals surface area contributed by atoms with Gasteiger partial charge in [-0.1, -0.05) is 11.6 Å². The number of halogens is 2. The number of hydrogen-bond donors (Lipinski definition) is 1. The first-order valence-corrected chi connectivity index (χ1v) is 7.44. The van der Waals surface area contributed by atoms with Crippen molar-refractivity contribution in [2.24, 2.45) is 0 Å². The largest absolute Gasteiger partial charge is 0.482 e. The maximum Gasteiger partial charge on any atom is 0.262 e. The molecule has 24 heavy (non-hydrogen) atoms. The minimum absolute atomic E-state index is 0.0920. The fourth-order valence-electron chi connectivity index (χ4n) is 1.89. The summed E-state index contributed by atoms with van der Waals surface area (Å²) in [5, 5.41) is 2.72. The van der Waals surface area contributed by atoms with Crippen molar-refractivity contribution >= 4 is 29.1 Å². The van der Waals surface area contributed by atoms with E-state index in [2.05, 4.69) is 5.32 Å². The Labute approximate surface area is 144 Å². The first-order valence-electron chi connectivity index (χ1n) is 7.06. The molecule has 2 amide bonds. The average Bonchev–Trinajstić information content (AvgIpc) is 2.54. The van der Waals surface area contributed by atoms with Gasteiger partial charge in [0.2, 0.25) is 0 Å². The third kappa shape index (κ3) is 4.70.